The van der Waals surface area contributed by atoms with Crippen molar-refractivity contribution in [3.05, 3.63) is 0 Å². The lowest BCUT2D eigenvalue weighted by atomic mass is 10.2. The van der Waals surface area contributed by atoms with Gasteiger partial charge in [-0.3, -0.25) is 5.41 Å². The number of rotatable bonds is 5. The topological polar surface area (TPSA) is 68.3 Å². The summed E-state index contributed by atoms with van der Waals surface area (Å²) in [5.41, 5.74) is 5.16. The average molecular weight is 172 g/mol. The van der Waals surface area contributed by atoms with Gasteiger partial charge in [0.2, 0.25) is 0 Å². The molecule has 1 heterocycles. The molecule has 0 aromatic carbocycles. The smallest absolute Gasteiger partial charge is 0.0928 e. The van der Waals surface area contributed by atoms with E-state index in [2.05, 4.69) is 0 Å². The van der Waals surface area contributed by atoms with Crippen LogP contribution in [0.15, 0.2) is 0 Å². The standard InChI is InChI=1S/C8H16N2O2/c9-8(10)3-5-11-6-7-2-1-4-12-7/h7H,1-6H2,(H3,9,10). The van der Waals surface area contributed by atoms with Crippen LogP contribution < -0.4 is 5.73 Å². The molecule has 1 rings (SSSR count). The van der Waals surface area contributed by atoms with E-state index in [0.717, 1.165) is 19.4 Å². The first-order valence-electron chi connectivity index (χ1n) is 4.31. The van der Waals surface area contributed by atoms with E-state index >= 15 is 0 Å². The van der Waals surface area contributed by atoms with Crippen LogP contribution in [0.1, 0.15) is 19.3 Å². The van der Waals surface area contributed by atoms with E-state index in [1.807, 2.05) is 0 Å². The summed E-state index contributed by atoms with van der Waals surface area (Å²) in [6.07, 6.45) is 3.03. The molecule has 0 spiro atoms. The van der Waals surface area contributed by atoms with Gasteiger partial charge in [0.15, 0.2) is 0 Å². The second-order valence-corrected chi connectivity index (χ2v) is 2.99. The van der Waals surface area contributed by atoms with Crippen LogP contribution in [0, 0.1) is 5.41 Å². The van der Waals surface area contributed by atoms with Crippen LogP contribution in [0.25, 0.3) is 0 Å². The zero-order valence-electron chi connectivity index (χ0n) is 7.21. The maximum atomic E-state index is 6.95. The third-order valence-electron chi connectivity index (χ3n) is 1.84. The molecule has 0 aromatic rings. The number of nitrogens with two attached hydrogens (primary N) is 1. The highest BCUT2D eigenvalue weighted by Crippen LogP contribution is 2.11. The third-order valence-corrected chi connectivity index (χ3v) is 1.84. The molecular weight excluding hydrogens is 156 g/mol. The van der Waals surface area contributed by atoms with Gasteiger partial charge < -0.3 is 15.2 Å². The van der Waals surface area contributed by atoms with Crippen molar-refractivity contribution in [3.8, 4) is 0 Å². The van der Waals surface area contributed by atoms with Gasteiger partial charge in [0, 0.05) is 13.0 Å². The first-order valence-corrected chi connectivity index (χ1v) is 4.31. The predicted molar refractivity (Wildman–Crippen MR) is 46.3 cm³/mol. The Balaban J connectivity index is 1.91. The van der Waals surface area contributed by atoms with Gasteiger partial charge in [0.25, 0.3) is 0 Å². The van der Waals surface area contributed by atoms with Gasteiger partial charge >= 0.3 is 0 Å². The molecule has 3 N–H and O–H groups in total. The lowest BCUT2D eigenvalue weighted by Crippen LogP contribution is -2.17. The number of amidine groups is 1. The predicted octanol–water partition coefficient (Wildman–Crippen LogP) is 0.508. The molecule has 1 fully saturated rings. The van der Waals surface area contributed by atoms with Crippen LogP contribution in [-0.2, 0) is 9.47 Å². The van der Waals surface area contributed by atoms with Crippen molar-refractivity contribution < 1.29 is 9.47 Å². The van der Waals surface area contributed by atoms with E-state index < -0.39 is 0 Å². The number of hydrogen-bond acceptors (Lipinski definition) is 3. The van der Waals surface area contributed by atoms with E-state index in [4.69, 9.17) is 20.6 Å². The van der Waals surface area contributed by atoms with Crippen molar-refractivity contribution in [2.24, 2.45) is 5.73 Å². The Morgan fingerprint density at radius 1 is 1.67 bits per heavy atom. The average Bonchev–Trinajstić information content (AvgIpc) is 2.49. The Morgan fingerprint density at radius 2 is 2.50 bits per heavy atom. The second-order valence-electron chi connectivity index (χ2n) is 2.99. The molecule has 1 atom stereocenters. The molecule has 4 nitrogen and oxygen atoms in total. The fraction of sp³-hybridized carbons (Fsp3) is 0.875. The number of ether oxygens (including phenoxy) is 2. The molecule has 0 aromatic heterocycles. The first kappa shape index (κ1) is 9.48. The summed E-state index contributed by atoms with van der Waals surface area (Å²) in [5, 5.41) is 6.95. The number of hydrogen-bond donors (Lipinski definition) is 2. The molecule has 1 aliphatic heterocycles. The normalized spacial score (nSPS) is 22.8. The van der Waals surface area contributed by atoms with Gasteiger partial charge in [0.05, 0.1) is 25.2 Å². The lowest BCUT2D eigenvalue weighted by Gasteiger charge is -2.09. The summed E-state index contributed by atoms with van der Waals surface area (Å²) < 4.78 is 10.6. The van der Waals surface area contributed by atoms with Crippen molar-refractivity contribution in [1.29, 1.82) is 5.41 Å². The Hall–Kier alpha value is -0.610. The van der Waals surface area contributed by atoms with E-state index in [1.54, 1.807) is 0 Å². The van der Waals surface area contributed by atoms with Gasteiger partial charge in [-0.15, -0.1) is 0 Å². The zero-order chi connectivity index (χ0) is 8.81. The van der Waals surface area contributed by atoms with Crippen LogP contribution >= 0.6 is 0 Å². The monoisotopic (exact) mass is 172 g/mol. The summed E-state index contributed by atoms with van der Waals surface area (Å²) in [7, 11) is 0. The SMILES string of the molecule is N=C(N)CCOCC1CCCO1. The molecule has 1 unspecified atom stereocenters. The molecule has 0 radical (unpaired) electrons. The summed E-state index contributed by atoms with van der Waals surface area (Å²) >= 11 is 0. The Kier molecular flexibility index (Phi) is 4.04. The highest BCUT2D eigenvalue weighted by atomic mass is 16.5. The second kappa shape index (κ2) is 5.11. The molecule has 0 bridgehead atoms. The Morgan fingerprint density at radius 3 is 3.08 bits per heavy atom. The van der Waals surface area contributed by atoms with Crippen molar-refractivity contribution in [3.63, 3.8) is 0 Å². The third kappa shape index (κ3) is 3.69. The summed E-state index contributed by atoms with van der Waals surface area (Å²) in [6.45, 7) is 2.04. The molecule has 70 valence electrons. The van der Waals surface area contributed by atoms with E-state index in [1.165, 1.54) is 0 Å². The molecule has 12 heavy (non-hydrogen) atoms. The fourth-order valence-electron chi connectivity index (χ4n) is 1.17. The van der Waals surface area contributed by atoms with Gasteiger partial charge in [-0.2, -0.15) is 0 Å². The van der Waals surface area contributed by atoms with Gasteiger partial charge in [-0.1, -0.05) is 0 Å². The van der Waals surface area contributed by atoms with Crippen LogP contribution in [-0.4, -0.2) is 31.8 Å². The van der Waals surface area contributed by atoms with Crippen molar-refractivity contribution in [2.75, 3.05) is 19.8 Å². The van der Waals surface area contributed by atoms with Crippen LogP contribution in [0.4, 0.5) is 0 Å². The molecular formula is C8H16N2O2. The lowest BCUT2D eigenvalue weighted by molar-refractivity contribution is 0.0195. The summed E-state index contributed by atoms with van der Waals surface area (Å²) in [4.78, 5) is 0. The fourth-order valence-corrected chi connectivity index (χ4v) is 1.17. The summed E-state index contributed by atoms with van der Waals surface area (Å²) in [5.74, 6) is 0.183. The van der Waals surface area contributed by atoms with Crippen LogP contribution in [0.5, 0.6) is 0 Å². The zero-order valence-corrected chi connectivity index (χ0v) is 7.21. The van der Waals surface area contributed by atoms with E-state index in [-0.39, 0.29) is 11.9 Å². The molecule has 1 aliphatic rings. The van der Waals surface area contributed by atoms with Gasteiger partial charge in [0.1, 0.15) is 0 Å². The highest BCUT2D eigenvalue weighted by Gasteiger charge is 2.14. The maximum absolute atomic E-state index is 6.95. The minimum absolute atomic E-state index is 0.183. The van der Waals surface area contributed by atoms with Gasteiger partial charge in [-0.05, 0) is 12.8 Å². The number of nitrogens with one attached hydrogen (secondary N) is 1. The van der Waals surface area contributed by atoms with Crippen molar-refractivity contribution >= 4 is 5.84 Å². The molecule has 0 aliphatic carbocycles. The van der Waals surface area contributed by atoms with Crippen LogP contribution in [0.2, 0.25) is 0 Å². The molecule has 0 amide bonds. The van der Waals surface area contributed by atoms with Crippen molar-refractivity contribution in [2.45, 2.75) is 25.4 Å². The molecule has 1 saturated heterocycles. The first-order chi connectivity index (χ1) is 5.79. The van der Waals surface area contributed by atoms with Gasteiger partial charge in [-0.25, -0.2) is 0 Å². The van der Waals surface area contributed by atoms with Crippen LogP contribution in [0.3, 0.4) is 0 Å². The van der Waals surface area contributed by atoms with E-state index in [9.17, 15) is 0 Å². The quantitative estimate of drug-likeness (QED) is 0.360. The largest absolute Gasteiger partial charge is 0.388 e. The maximum Gasteiger partial charge on any atom is 0.0928 e. The Bertz CT molecular complexity index is 144. The van der Waals surface area contributed by atoms with Crippen molar-refractivity contribution in [1.82, 2.24) is 0 Å². The minimum atomic E-state index is 0.183. The molecule has 4 heteroatoms. The molecule has 0 saturated carbocycles. The van der Waals surface area contributed by atoms with E-state index in [0.29, 0.717) is 19.6 Å². The highest BCUT2D eigenvalue weighted by molar-refractivity contribution is 5.76. The minimum Gasteiger partial charge on any atom is -0.388 e. The Labute approximate surface area is 72.5 Å². The summed E-state index contributed by atoms with van der Waals surface area (Å²) in [6, 6.07) is 0.